The number of nitrogens with zero attached hydrogens (tertiary/aromatic N) is 1. The van der Waals surface area contributed by atoms with Gasteiger partial charge in [0.25, 0.3) is 0 Å². The Balaban J connectivity index is 1.69. The van der Waals surface area contributed by atoms with Gasteiger partial charge in [-0.05, 0) is 50.3 Å². The number of nitrogens with two attached hydrogens (primary N) is 1. The Bertz CT molecular complexity index is 594. The molecule has 0 bridgehead atoms. The molecule has 2 saturated carbocycles. The van der Waals surface area contributed by atoms with Crippen LogP contribution in [0.25, 0.3) is 0 Å². The molecule has 2 aliphatic carbocycles. The van der Waals surface area contributed by atoms with Crippen molar-refractivity contribution < 1.29 is 9.59 Å². The first-order valence-electron chi connectivity index (χ1n) is 9.06. The molecule has 0 saturated heterocycles. The topological polar surface area (TPSA) is 75.4 Å². The standard InChI is InChI=1S/C19H27N3O2/c20-11-4-12-22(19(24)15-9-10-15)13-16-5-1-2-8-17(16)21-18(23)14-6-3-7-14/h1-2,5,8,14-15H,3-4,6-7,9-13,20H2,(H,21,23). The van der Waals surface area contributed by atoms with Gasteiger partial charge in [-0.25, -0.2) is 0 Å². The summed E-state index contributed by atoms with van der Waals surface area (Å²) in [7, 11) is 0. The van der Waals surface area contributed by atoms with Gasteiger partial charge >= 0.3 is 0 Å². The lowest BCUT2D eigenvalue weighted by atomic mass is 9.85. The maximum Gasteiger partial charge on any atom is 0.227 e. The first kappa shape index (κ1) is 17.0. The maximum absolute atomic E-state index is 12.5. The molecule has 1 aromatic carbocycles. The molecule has 2 amide bonds. The molecule has 24 heavy (non-hydrogen) atoms. The van der Waals surface area contributed by atoms with Crippen LogP contribution in [0.5, 0.6) is 0 Å². The van der Waals surface area contributed by atoms with Gasteiger partial charge in [-0.15, -0.1) is 0 Å². The monoisotopic (exact) mass is 329 g/mol. The van der Waals surface area contributed by atoms with E-state index in [2.05, 4.69) is 5.32 Å². The van der Waals surface area contributed by atoms with E-state index in [0.717, 1.165) is 49.8 Å². The summed E-state index contributed by atoms with van der Waals surface area (Å²) < 4.78 is 0. The van der Waals surface area contributed by atoms with Crippen LogP contribution in [0.1, 0.15) is 44.1 Å². The Morgan fingerprint density at radius 2 is 1.88 bits per heavy atom. The van der Waals surface area contributed by atoms with E-state index < -0.39 is 0 Å². The molecule has 0 aromatic heterocycles. The zero-order valence-corrected chi connectivity index (χ0v) is 14.2. The van der Waals surface area contributed by atoms with Gasteiger partial charge in [-0.2, -0.15) is 0 Å². The fourth-order valence-corrected chi connectivity index (χ4v) is 3.03. The second-order valence-electron chi connectivity index (χ2n) is 6.95. The number of hydrogen-bond acceptors (Lipinski definition) is 3. The molecule has 2 aliphatic rings. The largest absolute Gasteiger partial charge is 0.338 e. The summed E-state index contributed by atoms with van der Waals surface area (Å²) in [6.45, 7) is 1.79. The van der Waals surface area contributed by atoms with Gasteiger partial charge in [0.15, 0.2) is 0 Å². The number of rotatable bonds is 8. The van der Waals surface area contributed by atoms with Gasteiger partial charge < -0.3 is 16.0 Å². The summed E-state index contributed by atoms with van der Waals surface area (Å²) in [4.78, 5) is 26.7. The SMILES string of the molecule is NCCCN(Cc1ccccc1NC(=O)C1CCC1)C(=O)C1CC1. The van der Waals surface area contributed by atoms with Crippen molar-refractivity contribution in [2.45, 2.75) is 45.1 Å². The molecule has 0 spiro atoms. The summed E-state index contributed by atoms with van der Waals surface area (Å²) in [6.07, 6.45) is 5.90. The van der Waals surface area contributed by atoms with Crippen LogP contribution in [0.2, 0.25) is 0 Å². The Labute approximate surface area is 143 Å². The molecule has 0 heterocycles. The van der Waals surface area contributed by atoms with E-state index in [9.17, 15) is 9.59 Å². The highest BCUT2D eigenvalue weighted by Crippen LogP contribution is 2.32. The van der Waals surface area contributed by atoms with E-state index in [1.807, 2.05) is 29.2 Å². The lowest BCUT2D eigenvalue weighted by Gasteiger charge is -2.26. The van der Waals surface area contributed by atoms with E-state index in [-0.39, 0.29) is 23.7 Å². The molecule has 0 unspecified atom stereocenters. The van der Waals surface area contributed by atoms with E-state index in [0.29, 0.717) is 19.6 Å². The molecule has 0 atom stereocenters. The Kier molecular flexibility index (Phi) is 5.51. The normalized spacial score (nSPS) is 17.2. The van der Waals surface area contributed by atoms with E-state index in [4.69, 9.17) is 5.73 Å². The summed E-state index contributed by atoms with van der Waals surface area (Å²) in [5.41, 5.74) is 7.44. The Morgan fingerprint density at radius 1 is 1.12 bits per heavy atom. The average molecular weight is 329 g/mol. The third kappa shape index (κ3) is 4.15. The molecule has 0 aliphatic heterocycles. The summed E-state index contributed by atoms with van der Waals surface area (Å²) in [5, 5.41) is 3.06. The van der Waals surface area contributed by atoms with Crippen LogP contribution in [0.15, 0.2) is 24.3 Å². The van der Waals surface area contributed by atoms with Gasteiger partial charge in [-0.1, -0.05) is 24.6 Å². The van der Waals surface area contributed by atoms with Crippen LogP contribution in [0.4, 0.5) is 5.69 Å². The smallest absolute Gasteiger partial charge is 0.227 e. The van der Waals surface area contributed by atoms with Crippen molar-refractivity contribution in [1.82, 2.24) is 4.90 Å². The fraction of sp³-hybridized carbons (Fsp3) is 0.579. The number of carbonyl (C=O) groups is 2. The predicted octanol–water partition coefficient (Wildman–Crippen LogP) is 2.51. The molecule has 1 aromatic rings. The summed E-state index contributed by atoms with van der Waals surface area (Å²) in [5.74, 6) is 0.679. The van der Waals surface area contributed by atoms with Gasteiger partial charge in [0.1, 0.15) is 0 Å². The molecular formula is C19H27N3O2. The highest BCUT2D eigenvalue weighted by atomic mass is 16.2. The zero-order valence-electron chi connectivity index (χ0n) is 14.2. The molecule has 2 fully saturated rings. The first-order valence-corrected chi connectivity index (χ1v) is 9.06. The van der Waals surface area contributed by atoms with E-state index in [1.165, 1.54) is 0 Å². The molecular weight excluding hydrogens is 302 g/mol. The second kappa shape index (κ2) is 7.79. The summed E-state index contributed by atoms with van der Waals surface area (Å²) >= 11 is 0. The predicted molar refractivity (Wildman–Crippen MR) is 94.2 cm³/mol. The minimum absolute atomic E-state index is 0.107. The van der Waals surface area contributed by atoms with Crippen molar-refractivity contribution in [1.29, 1.82) is 0 Å². The fourth-order valence-electron chi connectivity index (χ4n) is 3.03. The van der Waals surface area contributed by atoms with Crippen molar-refractivity contribution in [2.24, 2.45) is 17.6 Å². The molecule has 0 radical (unpaired) electrons. The molecule has 5 heteroatoms. The maximum atomic E-state index is 12.5. The quantitative estimate of drug-likeness (QED) is 0.769. The van der Waals surface area contributed by atoms with Crippen LogP contribution >= 0.6 is 0 Å². The van der Waals surface area contributed by atoms with Gasteiger partial charge in [-0.3, -0.25) is 9.59 Å². The number of hydrogen-bond donors (Lipinski definition) is 2. The highest BCUT2D eigenvalue weighted by molar-refractivity contribution is 5.93. The lowest BCUT2D eigenvalue weighted by molar-refractivity contribution is -0.133. The van der Waals surface area contributed by atoms with E-state index in [1.54, 1.807) is 0 Å². The highest BCUT2D eigenvalue weighted by Gasteiger charge is 2.33. The van der Waals surface area contributed by atoms with Crippen molar-refractivity contribution in [3.63, 3.8) is 0 Å². The third-order valence-corrected chi connectivity index (χ3v) is 4.98. The molecule has 3 N–H and O–H groups in total. The number of para-hydroxylation sites is 1. The average Bonchev–Trinajstić information content (AvgIpc) is 3.35. The van der Waals surface area contributed by atoms with E-state index >= 15 is 0 Å². The van der Waals surface area contributed by atoms with Crippen molar-refractivity contribution in [3.8, 4) is 0 Å². The second-order valence-corrected chi connectivity index (χ2v) is 6.95. The van der Waals surface area contributed by atoms with Crippen molar-refractivity contribution >= 4 is 17.5 Å². The zero-order chi connectivity index (χ0) is 16.9. The first-order chi connectivity index (χ1) is 11.7. The minimum atomic E-state index is 0.107. The van der Waals surface area contributed by atoms with Crippen LogP contribution in [-0.4, -0.2) is 29.8 Å². The van der Waals surface area contributed by atoms with Gasteiger partial charge in [0.05, 0.1) is 0 Å². The van der Waals surface area contributed by atoms with Crippen LogP contribution in [0.3, 0.4) is 0 Å². The number of carbonyl (C=O) groups excluding carboxylic acids is 2. The molecule has 5 nitrogen and oxygen atoms in total. The third-order valence-electron chi connectivity index (χ3n) is 4.98. The van der Waals surface area contributed by atoms with Crippen molar-refractivity contribution in [3.05, 3.63) is 29.8 Å². The summed E-state index contributed by atoms with van der Waals surface area (Å²) in [6, 6.07) is 7.80. The molecule has 3 rings (SSSR count). The van der Waals surface area contributed by atoms with Gasteiger partial charge in [0, 0.05) is 30.6 Å². The van der Waals surface area contributed by atoms with Crippen LogP contribution in [-0.2, 0) is 16.1 Å². The van der Waals surface area contributed by atoms with Crippen LogP contribution < -0.4 is 11.1 Å². The van der Waals surface area contributed by atoms with Gasteiger partial charge in [0.2, 0.25) is 11.8 Å². The lowest BCUT2D eigenvalue weighted by Crippen LogP contribution is -2.34. The number of anilines is 1. The minimum Gasteiger partial charge on any atom is -0.338 e. The van der Waals surface area contributed by atoms with Crippen molar-refractivity contribution in [2.75, 3.05) is 18.4 Å². The number of benzene rings is 1. The molecule has 130 valence electrons. The Morgan fingerprint density at radius 3 is 2.50 bits per heavy atom. The Hall–Kier alpha value is -1.88. The number of nitrogens with one attached hydrogen (secondary N) is 1. The number of amides is 2. The van der Waals surface area contributed by atoms with Crippen LogP contribution in [0, 0.1) is 11.8 Å².